The van der Waals surface area contributed by atoms with Gasteiger partial charge in [0.1, 0.15) is 11.4 Å². The standard InChI is InChI=1S/C22H16FN5O4/c23-18-9-16-19(10-20(18)26-8-7-24-12-26)27(14-5-6-14)11-17(21(16)29)22(30)25-13-1-3-15(4-2-13)28(31)32/h1-4,7-12,14H,5-6H2,(H,25,30). The van der Waals surface area contributed by atoms with E-state index in [2.05, 4.69) is 10.3 Å². The summed E-state index contributed by atoms with van der Waals surface area (Å²) in [5.74, 6) is -1.28. The van der Waals surface area contributed by atoms with Crippen molar-refractivity contribution in [2.75, 3.05) is 5.32 Å². The van der Waals surface area contributed by atoms with Gasteiger partial charge in [-0.15, -0.1) is 0 Å². The first-order chi connectivity index (χ1) is 15.4. The molecule has 0 aliphatic heterocycles. The molecule has 9 nitrogen and oxygen atoms in total. The predicted octanol–water partition coefficient (Wildman–Crippen LogP) is 3.82. The van der Waals surface area contributed by atoms with E-state index in [1.54, 1.807) is 12.3 Å². The summed E-state index contributed by atoms with van der Waals surface area (Å²) in [4.78, 5) is 40.2. The SMILES string of the molecule is O=C(Nc1ccc([N+](=O)[O-])cc1)c1cn(C2CC2)c2cc(-n3ccnc3)c(F)cc2c1=O. The van der Waals surface area contributed by atoms with Gasteiger partial charge in [0.2, 0.25) is 5.43 Å². The number of nitrogens with zero attached hydrogens (tertiary/aromatic N) is 4. The maximum absolute atomic E-state index is 14.8. The van der Waals surface area contributed by atoms with Gasteiger partial charge < -0.3 is 14.5 Å². The van der Waals surface area contributed by atoms with Crippen molar-refractivity contribution in [1.82, 2.24) is 14.1 Å². The number of hydrogen-bond acceptors (Lipinski definition) is 5. The predicted molar refractivity (Wildman–Crippen MR) is 115 cm³/mol. The molecule has 0 bridgehead atoms. The summed E-state index contributed by atoms with van der Waals surface area (Å²) >= 11 is 0. The lowest BCUT2D eigenvalue weighted by atomic mass is 10.1. The minimum Gasteiger partial charge on any atom is -0.343 e. The van der Waals surface area contributed by atoms with E-state index >= 15 is 0 Å². The van der Waals surface area contributed by atoms with Crippen molar-refractivity contribution in [1.29, 1.82) is 0 Å². The number of anilines is 1. The highest BCUT2D eigenvalue weighted by atomic mass is 19.1. The summed E-state index contributed by atoms with van der Waals surface area (Å²) in [6, 6.07) is 8.13. The fourth-order valence-corrected chi connectivity index (χ4v) is 3.64. The summed E-state index contributed by atoms with van der Waals surface area (Å²) in [5.41, 5.74) is 0.264. The zero-order valence-electron chi connectivity index (χ0n) is 16.6. The third-order valence-electron chi connectivity index (χ3n) is 5.40. The minimum absolute atomic E-state index is 0.106. The van der Waals surface area contributed by atoms with Gasteiger partial charge in [-0.1, -0.05) is 0 Å². The molecule has 160 valence electrons. The monoisotopic (exact) mass is 433 g/mol. The number of nitro benzene ring substituents is 1. The molecule has 0 spiro atoms. The van der Waals surface area contributed by atoms with E-state index in [4.69, 9.17) is 0 Å². The van der Waals surface area contributed by atoms with Crippen LogP contribution in [-0.2, 0) is 0 Å². The molecule has 4 aromatic rings. The second-order valence-electron chi connectivity index (χ2n) is 7.56. The largest absolute Gasteiger partial charge is 0.343 e. The molecule has 1 aliphatic carbocycles. The molecule has 1 saturated carbocycles. The molecule has 0 saturated heterocycles. The Morgan fingerprint density at radius 1 is 1.22 bits per heavy atom. The normalized spacial score (nSPS) is 13.3. The number of benzene rings is 2. The molecule has 1 aliphatic rings. The number of rotatable bonds is 5. The summed E-state index contributed by atoms with van der Waals surface area (Å²) in [6.45, 7) is 0. The fraction of sp³-hybridized carbons (Fsp3) is 0.136. The van der Waals surface area contributed by atoms with Crippen LogP contribution in [0.2, 0.25) is 0 Å². The molecule has 1 fully saturated rings. The lowest BCUT2D eigenvalue weighted by Gasteiger charge is -2.15. The molecule has 0 unspecified atom stereocenters. The summed E-state index contributed by atoms with van der Waals surface area (Å²) in [7, 11) is 0. The molecule has 1 amide bonds. The van der Waals surface area contributed by atoms with E-state index in [9.17, 15) is 24.1 Å². The second-order valence-corrected chi connectivity index (χ2v) is 7.56. The Bertz CT molecular complexity index is 1420. The van der Waals surface area contributed by atoms with E-state index in [1.807, 2.05) is 4.57 Å². The number of nitrogens with one attached hydrogen (secondary N) is 1. The maximum Gasteiger partial charge on any atom is 0.269 e. The zero-order valence-corrected chi connectivity index (χ0v) is 16.6. The molecule has 10 heteroatoms. The van der Waals surface area contributed by atoms with E-state index in [0.29, 0.717) is 11.2 Å². The Kier molecular flexibility index (Phi) is 4.54. The van der Waals surface area contributed by atoms with Crippen molar-refractivity contribution in [3.8, 4) is 5.69 Å². The molecule has 2 heterocycles. The van der Waals surface area contributed by atoms with Gasteiger partial charge in [-0.25, -0.2) is 9.37 Å². The van der Waals surface area contributed by atoms with Gasteiger partial charge in [0.15, 0.2) is 0 Å². The first-order valence-electron chi connectivity index (χ1n) is 9.85. The van der Waals surface area contributed by atoms with Gasteiger partial charge in [0, 0.05) is 47.8 Å². The van der Waals surface area contributed by atoms with Gasteiger partial charge in [-0.2, -0.15) is 0 Å². The molecule has 1 N–H and O–H groups in total. The molecular formula is C22H16FN5O4. The van der Waals surface area contributed by atoms with Crippen LogP contribution in [0.4, 0.5) is 15.8 Å². The molecule has 0 radical (unpaired) electrons. The average Bonchev–Trinajstić information content (AvgIpc) is 3.47. The Morgan fingerprint density at radius 2 is 1.97 bits per heavy atom. The summed E-state index contributed by atoms with van der Waals surface area (Å²) < 4.78 is 18.2. The number of hydrogen-bond donors (Lipinski definition) is 1. The number of carbonyl (C=O) groups is 1. The molecular weight excluding hydrogens is 417 g/mol. The molecule has 32 heavy (non-hydrogen) atoms. The van der Waals surface area contributed by atoms with E-state index < -0.39 is 22.1 Å². The number of aromatic nitrogens is 3. The number of imidazole rings is 1. The first kappa shape index (κ1) is 19.6. The highest BCUT2D eigenvalue weighted by molar-refractivity contribution is 6.06. The van der Waals surface area contributed by atoms with Crippen molar-refractivity contribution in [3.63, 3.8) is 0 Å². The Hall–Kier alpha value is -4.34. The van der Waals surface area contributed by atoms with Crippen LogP contribution in [0.15, 0.2) is 66.1 Å². The van der Waals surface area contributed by atoms with Gasteiger partial charge in [0.05, 0.1) is 22.5 Å². The van der Waals surface area contributed by atoms with Crippen LogP contribution < -0.4 is 10.7 Å². The van der Waals surface area contributed by atoms with Crippen LogP contribution in [0.5, 0.6) is 0 Å². The number of nitro groups is 1. The maximum atomic E-state index is 14.8. The molecule has 2 aromatic carbocycles. The van der Waals surface area contributed by atoms with Gasteiger partial charge >= 0.3 is 0 Å². The average molecular weight is 433 g/mol. The quantitative estimate of drug-likeness (QED) is 0.380. The van der Waals surface area contributed by atoms with Crippen LogP contribution in [0.1, 0.15) is 29.2 Å². The van der Waals surface area contributed by atoms with Crippen LogP contribution in [0.25, 0.3) is 16.6 Å². The lowest BCUT2D eigenvalue weighted by molar-refractivity contribution is -0.384. The topological polar surface area (TPSA) is 112 Å². The third-order valence-corrected chi connectivity index (χ3v) is 5.40. The van der Waals surface area contributed by atoms with Gasteiger partial charge in [-0.05, 0) is 37.1 Å². The fourth-order valence-electron chi connectivity index (χ4n) is 3.64. The number of carbonyl (C=O) groups excluding carboxylic acids is 1. The van der Waals surface area contributed by atoms with E-state index in [1.165, 1.54) is 47.6 Å². The number of pyridine rings is 1. The van der Waals surface area contributed by atoms with Crippen molar-refractivity contribution < 1.29 is 14.1 Å². The highest BCUT2D eigenvalue weighted by Crippen LogP contribution is 2.37. The molecule has 5 rings (SSSR count). The number of fused-ring (bicyclic) bond motifs is 1. The van der Waals surface area contributed by atoms with Crippen LogP contribution >= 0.6 is 0 Å². The molecule has 0 atom stereocenters. The summed E-state index contributed by atoms with van der Waals surface area (Å²) in [5, 5.41) is 13.5. The van der Waals surface area contributed by atoms with Crippen molar-refractivity contribution in [2.45, 2.75) is 18.9 Å². The zero-order chi connectivity index (χ0) is 22.4. The third kappa shape index (κ3) is 3.41. The molecule has 2 aromatic heterocycles. The number of halogens is 1. The Balaban J connectivity index is 1.58. The van der Waals surface area contributed by atoms with Crippen molar-refractivity contribution in [2.24, 2.45) is 0 Å². The lowest BCUT2D eigenvalue weighted by Crippen LogP contribution is -2.24. The Morgan fingerprint density at radius 3 is 2.59 bits per heavy atom. The second kappa shape index (κ2) is 7.41. The highest BCUT2D eigenvalue weighted by Gasteiger charge is 2.27. The number of amides is 1. The summed E-state index contributed by atoms with van der Waals surface area (Å²) in [6.07, 6.45) is 7.88. The number of non-ortho nitro benzene ring substituents is 1. The van der Waals surface area contributed by atoms with Crippen molar-refractivity contribution >= 4 is 28.2 Å². The smallest absolute Gasteiger partial charge is 0.269 e. The van der Waals surface area contributed by atoms with Gasteiger partial charge in [-0.3, -0.25) is 19.7 Å². The van der Waals surface area contributed by atoms with E-state index in [-0.39, 0.29) is 28.4 Å². The first-order valence-corrected chi connectivity index (χ1v) is 9.85. The van der Waals surface area contributed by atoms with Gasteiger partial charge in [0.25, 0.3) is 11.6 Å². The van der Waals surface area contributed by atoms with Crippen molar-refractivity contribution in [3.05, 3.63) is 93.0 Å². The Labute approximate surface area is 179 Å². The van der Waals surface area contributed by atoms with E-state index in [0.717, 1.165) is 18.9 Å². The van der Waals surface area contributed by atoms with Crippen LogP contribution in [0.3, 0.4) is 0 Å². The van der Waals surface area contributed by atoms with Crippen LogP contribution in [-0.4, -0.2) is 24.9 Å². The van der Waals surface area contributed by atoms with Crippen LogP contribution in [0, 0.1) is 15.9 Å². The minimum atomic E-state index is -0.667.